The van der Waals surface area contributed by atoms with Gasteiger partial charge < -0.3 is 9.64 Å². The average molecular weight is 289 g/mol. The van der Waals surface area contributed by atoms with Crippen molar-refractivity contribution >= 4 is 17.6 Å². The molecule has 1 saturated heterocycles. The molecule has 1 amide bonds. The minimum Gasteiger partial charge on any atom is -0.460 e. The number of aryl methyl sites for hydroxylation is 2. The molecule has 1 heterocycles. The van der Waals surface area contributed by atoms with Crippen molar-refractivity contribution in [3.05, 3.63) is 29.3 Å². The van der Waals surface area contributed by atoms with Crippen LogP contribution in [-0.4, -0.2) is 24.0 Å². The van der Waals surface area contributed by atoms with E-state index in [1.807, 2.05) is 52.8 Å². The zero-order chi connectivity index (χ0) is 15.8. The van der Waals surface area contributed by atoms with Gasteiger partial charge in [-0.15, -0.1) is 0 Å². The van der Waals surface area contributed by atoms with Gasteiger partial charge in [-0.05, 0) is 45.7 Å². The number of nitrogens with zero attached hydrogens (tertiary/aromatic N) is 1. The Bertz CT molecular complexity index is 552. The van der Waals surface area contributed by atoms with E-state index in [0.29, 0.717) is 6.54 Å². The van der Waals surface area contributed by atoms with Crippen molar-refractivity contribution in [3.8, 4) is 0 Å². The predicted octanol–water partition coefficient (Wildman–Crippen LogP) is 3.00. The molecular weight excluding hydrogens is 266 g/mol. The molecule has 114 valence electrons. The lowest BCUT2D eigenvalue weighted by molar-refractivity contribution is -0.159. The van der Waals surface area contributed by atoms with E-state index in [2.05, 4.69) is 0 Å². The number of carbonyl (C=O) groups excluding carboxylic acids is 2. The number of hydrogen-bond acceptors (Lipinski definition) is 3. The standard InChI is InChI=1S/C17H23NO3/c1-11-7-6-8-12(2)15(11)18-10-13(9-14(18)19)16(20)21-17(3,4)5/h6-8,13H,9-10H2,1-5H3. The molecule has 0 bridgehead atoms. The minimum absolute atomic E-state index is 0.0109. The Morgan fingerprint density at radius 3 is 2.33 bits per heavy atom. The molecule has 0 N–H and O–H groups in total. The zero-order valence-corrected chi connectivity index (χ0v) is 13.4. The van der Waals surface area contributed by atoms with E-state index < -0.39 is 5.60 Å². The van der Waals surface area contributed by atoms with Crippen LogP contribution in [-0.2, 0) is 14.3 Å². The van der Waals surface area contributed by atoms with E-state index in [1.54, 1.807) is 4.90 Å². The van der Waals surface area contributed by atoms with Crippen LogP contribution in [0.1, 0.15) is 38.3 Å². The van der Waals surface area contributed by atoms with Crippen molar-refractivity contribution in [1.82, 2.24) is 0 Å². The van der Waals surface area contributed by atoms with Crippen LogP contribution in [0.25, 0.3) is 0 Å². The molecule has 0 spiro atoms. The van der Waals surface area contributed by atoms with E-state index in [9.17, 15) is 9.59 Å². The van der Waals surface area contributed by atoms with Gasteiger partial charge in [0.15, 0.2) is 0 Å². The highest BCUT2D eigenvalue weighted by Crippen LogP contribution is 2.31. The van der Waals surface area contributed by atoms with E-state index >= 15 is 0 Å². The summed E-state index contributed by atoms with van der Waals surface area (Å²) in [6, 6.07) is 5.94. The Hall–Kier alpha value is -1.84. The molecule has 4 nitrogen and oxygen atoms in total. The summed E-state index contributed by atoms with van der Waals surface area (Å²) in [6.45, 7) is 9.88. The van der Waals surface area contributed by atoms with Crippen LogP contribution in [0, 0.1) is 19.8 Å². The molecule has 2 rings (SSSR count). The summed E-state index contributed by atoms with van der Waals surface area (Å²) in [4.78, 5) is 26.2. The smallest absolute Gasteiger partial charge is 0.311 e. The second kappa shape index (κ2) is 5.51. The van der Waals surface area contributed by atoms with Gasteiger partial charge in [-0.3, -0.25) is 9.59 Å². The van der Waals surface area contributed by atoms with Crippen molar-refractivity contribution in [2.75, 3.05) is 11.4 Å². The Morgan fingerprint density at radius 2 is 1.81 bits per heavy atom. The third-order valence-corrected chi connectivity index (χ3v) is 3.57. The highest BCUT2D eigenvalue weighted by Gasteiger charge is 2.38. The topological polar surface area (TPSA) is 46.6 Å². The number of carbonyl (C=O) groups is 2. The molecule has 0 aliphatic carbocycles. The van der Waals surface area contributed by atoms with Crippen molar-refractivity contribution in [2.45, 2.75) is 46.6 Å². The highest BCUT2D eigenvalue weighted by atomic mass is 16.6. The number of anilines is 1. The molecule has 21 heavy (non-hydrogen) atoms. The van der Waals surface area contributed by atoms with Crippen molar-refractivity contribution in [2.24, 2.45) is 5.92 Å². The molecule has 1 aliphatic heterocycles. The van der Waals surface area contributed by atoms with Crippen molar-refractivity contribution in [1.29, 1.82) is 0 Å². The number of hydrogen-bond donors (Lipinski definition) is 0. The van der Waals surface area contributed by atoms with Crippen LogP contribution in [0.15, 0.2) is 18.2 Å². The van der Waals surface area contributed by atoms with Crippen LogP contribution in [0.2, 0.25) is 0 Å². The molecule has 0 aromatic heterocycles. The van der Waals surface area contributed by atoms with Crippen molar-refractivity contribution < 1.29 is 14.3 Å². The molecule has 1 atom stereocenters. The maximum atomic E-state index is 12.3. The fourth-order valence-electron chi connectivity index (χ4n) is 2.70. The average Bonchev–Trinajstić information content (AvgIpc) is 2.69. The summed E-state index contributed by atoms with van der Waals surface area (Å²) in [6.07, 6.45) is 0.225. The van der Waals surface area contributed by atoms with E-state index in [4.69, 9.17) is 4.74 Å². The summed E-state index contributed by atoms with van der Waals surface area (Å²) in [5.41, 5.74) is 2.50. The second-order valence-corrected chi connectivity index (χ2v) is 6.68. The normalized spacial score (nSPS) is 19.0. The summed E-state index contributed by atoms with van der Waals surface area (Å²) in [5.74, 6) is -0.677. The van der Waals surface area contributed by atoms with Crippen LogP contribution < -0.4 is 4.90 Å². The summed E-state index contributed by atoms with van der Waals surface area (Å²) < 4.78 is 5.40. The van der Waals surface area contributed by atoms with E-state index in [0.717, 1.165) is 16.8 Å². The fraction of sp³-hybridized carbons (Fsp3) is 0.529. The lowest BCUT2D eigenvalue weighted by Gasteiger charge is -2.23. The van der Waals surface area contributed by atoms with Crippen molar-refractivity contribution in [3.63, 3.8) is 0 Å². The molecular formula is C17H23NO3. The van der Waals surface area contributed by atoms with Gasteiger partial charge in [-0.2, -0.15) is 0 Å². The lowest BCUT2D eigenvalue weighted by atomic mass is 10.1. The maximum absolute atomic E-state index is 12.3. The minimum atomic E-state index is -0.522. The Morgan fingerprint density at radius 1 is 1.24 bits per heavy atom. The van der Waals surface area contributed by atoms with Gasteiger partial charge in [0.2, 0.25) is 5.91 Å². The van der Waals surface area contributed by atoms with Gasteiger partial charge in [0.25, 0.3) is 0 Å². The Labute approximate surface area is 126 Å². The first-order chi connectivity index (χ1) is 9.69. The maximum Gasteiger partial charge on any atom is 0.311 e. The van der Waals surface area contributed by atoms with E-state index in [1.165, 1.54) is 0 Å². The van der Waals surface area contributed by atoms with Gasteiger partial charge in [0.05, 0.1) is 5.92 Å². The molecule has 1 aromatic rings. The van der Waals surface area contributed by atoms with Crippen LogP contribution in [0.5, 0.6) is 0 Å². The molecule has 1 unspecified atom stereocenters. The highest BCUT2D eigenvalue weighted by molar-refractivity contribution is 6.00. The van der Waals surface area contributed by atoms with Crippen LogP contribution in [0.3, 0.4) is 0 Å². The largest absolute Gasteiger partial charge is 0.460 e. The second-order valence-electron chi connectivity index (χ2n) is 6.68. The Kier molecular flexibility index (Phi) is 4.08. The summed E-state index contributed by atoms with van der Waals surface area (Å²) in [7, 11) is 0. The predicted molar refractivity (Wildman–Crippen MR) is 82.2 cm³/mol. The molecule has 1 aromatic carbocycles. The van der Waals surface area contributed by atoms with Gasteiger partial charge in [0, 0.05) is 18.7 Å². The van der Waals surface area contributed by atoms with Gasteiger partial charge in [-0.25, -0.2) is 0 Å². The molecule has 1 fully saturated rings. The van der Waals surface area contributed by atoms with Crippen LogP contribution in [0.4, 0.5) is 5.69 Å². The summed E-state index contributed by atoms with van der Waals surface area (Å²) >= 11 is 0. The Balaban J connectivity index is 2.19. The SMILES string of the molecule is Cc1cccc(C)c1N1CC(C(=O)OC(C)(C)C)CC1=O. The van der Waals surface area contributed by atoms with Gasteiger partial charge in [0.1, 0.15) is 5.60 Å². The molecule has 0 saturated carbocycles. The van der Waals surface area contributed by atoms with Crippen LogP contribution >= 0.6 is 0 Å². The molecule has 1 aliphatic rings. The van der Waals surface area contributed by atoms with Gasteiger partial charge >= 0.3 is 5.97 Å². The summed E-state index contributed by atoms with van der Waals surface area (Å²) in [5, 5.41) is 0. The monoisotopic (exact) mass is 289 g/mol. The number of esters is 1. The first kappa shape index (κ1) is 15.5. The fourth-order valence-corrected chi connectivity index (χ4v) is 2.70. The number of benzene rings is 1. The number of para-hydroxylation sites is 1. The molecule has 4 heteroatoms. The first-order valence-electron chi connectivity index (χ1n) is 7.28. The van der Waals surface area contributed by atoms with Gasteiger partial charge in [-0.1, -0.05) is 18.2 Å². The first-order valence-corrected chi connectivity index (χ1v) is 7.28. The lowest BCUT2D eigenvalue weighted by Crippen LogP contribution is -2.31. The molecule has 0 radical (unpaired) electrons. The van der Waals surface area contributed by atoms with E-state index in [-0.39, 0.29) is 24.2 Å². The number of ether oxygens (including phenoxy) is 1. The quantitative estimate of drug-likeness (QED) is 0.786. The third kappa shape index (κ3) is 3.43. The zero-order valence-electron chi connectivity index (χ0n) is 13.4. The number of rotatable bonds is 2. The third-order valence-electron chi connectivity index (χ3n) is 3.57. The number of amides is 1.